The number of nitrogens with one attached hydrogen (secondary N) is 1. The van der Waals surface area contributed by atoms with Crippen LogP contribution in [0, 0.1) is 5.92 Å². The van der Waals surface area contributed by atoms with E-state index in [1.165, 1.54) is 4.68 Å². The molecular formula is C14H22BrN3O3. The number of halogens is 1. The van der Waals surface area contributed by atoms with Gasteiger partial charge in [-0.05, 0) is 47.5 Å². The van der Waals surface area contributed by atoms with E-state index < -0.39 is 0 Å². The highest BCUT2D eigenvalue weighted by Gasteiger charge is 2.34. The Morgan fingerprint density at radius 1 is 1.48 bits per heavy atom. The first-order valence-electron chi connectivity index (χ1n) is 7.27. The molecule has 0 spiro atoms. The largest absolute Gasteiger partial charge is 0.394 e. The topological polar surface area (TPSA) is 87.4 Å². The average molecular weight is 360 g/mol. The van der Waals surface area contributed by atoms with Gasteiger partial charge in [0.15, 0.2) is 0 Å². The zero-order chi connectivity index (χ0) is 15.5. The van der Waals surface area contributed by atoms with Crippen LogP contribution in [-0.2, 0) is 6.54 Å². The average Bonchev–Trinajstić information content (AvgIpc) is 2.49. The van der Waals surface area contributed by atoms with Crippen LogP contribution in [0.1, 0.15) is 32.6 Å². The van der Waals surface area contributed by atoms with Crippen LogP contribution < -0.4 is 10.9 Å². The predicted molar refractivity (Wildman–Crippen MR) is 84.4 cm³/mol. The first-order valence-corrected chi connectivity index (χ1v) is 8.06. The minimum atomic E-state index is -0.383. The molecule has 1 aliphatic rings. The van der Waals surface area contributed by atoms with E-state index in [0.29, 0.717) is 16.1 Å². The van der Waals surface area contributed by atoms with Crippen molar-refractivity contribution < 1.29 is 10.2 Å². The summed E-state index contributed by atoms with van der Waals surface area (Å²) in [5.41, 5.74) is -0.0733. The van der Waals surface area contributed by atoms with Crippen molar-refractivity contribution in [2.75, 3.05) is 18.5 Å². The summed E-state index contributed by atoms with van der Waals surface area (Å²) in [6.07, 6.45) is 5.42. The molecule has 1 aliphatic carbocycles. The van der Waals surface area contributed by atoms with Crippen molar-refractivity contribution in [1.82, 2.24) is 9.78 Å². The molecule has 1 aromatic rings. The van der Waals surface area contributed by atoms with Crippen LogP contribution in [0.25, 0.3) is 0 Å². The third-order valence-electron chi connectivity index (χ3n) is 4.23. The van der Waals surface area contributed by atoms with Crippen LogP contribution in [0.2, 0.25) is 0 Å². The monoisotopic (exact) mass is 359 g/mol. The van der Waals surface area contributed by atoms with Crippen molar-refractivity contribution in [2.45, 2.75) is 44.7 Å². The SMILES string of the molecule is CC1CCC(CO)(Nc2cnn(CCO)c(=O)c2Br)CC1. The molecule has 0 amide bonds. The molecule has 1 fully saturated rings. The molecule has 0 radical (unpaired) electrons. The second-order valence-electron chi connectivity index (χ2n) is 5.87. The molecule has 7 heteroatoms. The number of anilines is 1. The maximum absolute atomic E-state index is 12.1. The molecule has 1 saturated carbocycles. The molecule has 6 nitrogen and oxygen atoms in total. The first kappa shape index (κ1) is 16.5. The van der Waals surface area contributed by atoms with Gasteiger partial charge in [0.2, 0.25) is 0 Å². The highest BCUT2D eigenvalue weighted by Crippen LogP contribution is 2.35. The number of nitrogens with zero attached hydrogens (tertiary/aromatic N) is 2. The summed E-state index contributed by atoms with van der Waals surface area (Å²) in [6.45, 7) is 2.28. The molecule has 2 rings (SSSR count). The maximum atomic E-state index is 12.1. The third-order valence-corrected chi connectivity index (χ3v) is 5.00. The van der Waals surface area contributed by atoms with Gasteiger partial charge in [0.05, 0.1) is 37.2 Å². The summed E-state index contributed by atoms with van der Waals surface area (Å²) in [6, 6.07) is 0. The van der Waals surface area contributed by atoms with E-state index in [1.807, 2.05) is 0 Å². The fourth-order valence-corrected chi connectivity index (χ4v) is 3.14. The molecule has 0 bridgehead atoms. The lowest BCUT2D eigenvalue weighted by atomic mass is 9.77. The predicted octanol–water partition coefficient (Wildman–Crippen LogP) is 1.35. The van der Waals surface area contributed by atoms with Crippen molar-refractivity contribution in [1.29, 1.82) is 0 Å². The Bertz CT molecular complexity index is 539. The highest BCUT2D eigenvalue weighted by molar-refractivity contribution is 9.10. The Balaban J connectivity index is 2.22. The van der Waals surface area contributed by atoms with E-state index >= 15 is 0 Å². The number of aromatic nitrogens is 2. The van der Waals surface area contributed by atoms with Gasteiger partial charge in [-0.15, -0.1) is 0 Å². The summed E-state index contributed by atoms with van der Waals surface area (Å²) in [7, 11) is 0. The molecule has 0 unspecified atom stereocenters. The van der Waals surface area contributed by atoms with Crippen LogP contribution in [0.5, 0.6) is 0 Å². The molecule has 1 heterocycles. The van der Waals surface area contributed by atoms with Crippen molar-refractivity contribution in [3.8, 4) is 0 Å². The molecule has 21 heavy (non-hydrogen) atoms. The van der Waals surface area contributed by atoms with E-state index in [-0.39, 0.29) is 30.9 Å². The summed E-state index contributed by atoms with van der Waals surface area (Å²) in [5, 5.41) is 26.0. The summed E-state index contributed by atoms with van der Waals surface area (Å²) >= 11 is 3.29. The van der Waals surface area contributed by atoms with Crippen molar-refractivity contribution >= 4 is 21.6 Å². The van der Waals surface area contributed by atoms with Gasteiger partial charge in [-0.3, -0.25) is 4.79 Å². The lowest BCUT2D eigenvalue weighted by Gasteiger charge is -2.39. The minimum Gasteiger partial charge on any atom is -0.394 e. The Labute approximate surface area is 132 Å². The van der Waals surface area contributed by atoms with E-state index in [9.17, 15) is 9.90 Å². The molecule has 0 aliphatic heterocycles. The van der Waals surface area contributed by atoms with Crippen molar-refractivity contribution in [2.24, 2.45) is 5.92 Å². The van der Waals surface area contributed by atoms with Crippen LogP contribution in [0.3, 0.4) is 0 Å². The quantitative estimate of drug-likeness (QED) is 0.738. The maximum Gasteiger partial charge on any atom is 0.283 e. The molecule has 1 aromatic heterocycles. The minimum absolute atomic E-state index is 0.0336. The zero-order valence-electron chi connectivity index (χ0n) is 12.2. The molecule has 0 saturated heterocycles. The summed E-state index contributed by atoms with van der Waals surface area (Å²) in [5.74, 6) is 0.672. The number of aliphatic hydroxyl groups excluding tert-OH is 2. The van der Waals surface area contributed by atoms with Gasteiger partial charge < -0.3 is 15.5 Å². The van der Waals surface area contributed by atoms with Gasteiger partial charge in [0.1, 0.15) is 4.47 Å². The van der Waals surface area contributed by atoms with E-state index in [0.717, 1.165) is 25.7 Å². The van der Waals surface area contributed by atoms with Crippen LogP contribution in [0.4, 0.5) is 5.69 Å². The lowest BCUT2D eigenvalue weighted by molar-refractivity contribution is 0.155. The van der Waals surface area contributed by atoms with Gasteiger partial charge >= 0.3 is 0 Å². The third kappa shape index (κ3) is 3.64. The number of aliphatic hydroxyl groups is 2. The lowest BCUT2D eigenvalue weighted by Crippen LogP contribution is -2.45. The zero-order valence-corrected chi connectivity index (χ0v) is 13.8. The molecule has 0 aromatic carbocycles. The smallest absolute Gasteiger partial charge is 0.283 e. The van der Waals surface area contributed by atoms with Gasteiger partial charge in [0.25, 0.3) is 5.56 Å². The van der Waals surface area contributed by atoms with Crippen LogP contribution >= 0.6 is 15.9 Å². The fraction of sp³-hybridized carbons (Fsp3) is 0.714. The Morgan fingerprint density at radius 2 is 2.14 bits per heavy atom. The number of hydrogen-bond acceptors (Lipinski definition) is 5. The van der Waals surface area contributed by atoms with E-state index in [2.05, 4.69) is 33.3 Å². The van der Waals surface area contributed by atoms with Gasteiger partial charge in [-0.2, -0.15) is 5.10 Å². The van der Waals surface area contributed by atoms with E-state index in [1.54, 1.807) is 6.20 Å². The normalized spacial score (nSPS) is 25.8. The van der Waals surface area contributed by atoms with Crippen molar-refractivity contribution in [3.05, 3.63) is 21.0 Å². The standard InChI is InChI=1S/C14H22BrN3O3/c1-10-2-4-14(9-20,5-3-10)17-11-8-16-18(6-7-19)13(21)12(11)15/h8,10,17,19-20H,2-7,9H2,1H3. The summed E-state index contributed by atoms with van der Waals surface area (Å²) < 4.78 is 1.60. The second-order valence-corrected chi connectivity index (χ2v) is 6.66. The first-order chi connectivity index (χ1) is 10.0. The Hall–Kier alpha value is -0.920. The van der Waals surface area contributed by atoms with Gasteiger partial charge in [-0.1, -0.05) is 6.92 Å². The van der Waals surface area contributed by atoms with Crippen molar-refractivity contribution in [3.63, 3.8) is 0 Å². The van der Waals surface area contributed by atoms with E-state index in [4.69, 9.17) is 5.11 Å². The molecule has 3 N–H and O–H groups in total. The molecule has 0 atom stereocenters. The van der Waals surface area contributed by atoms with Crippen LogP contribution in [0.15, 0.2) is 15.5 Å². The Kier molecular flexibility index (Phi) is 5.40. The highest BCUT2D eigenvalue weighted by atomic mass is 79.9. The second kappa shape index (κ2) is 6.89. The molecular weight excluding hydrogens is 338 g/mol. The number of rotatable bonds is 5. The number of hydrogen-bond donors (Lipinski definition) is 3. The van der Waals surface area contributed by atoms with Gasteiger partial charge in [-0.25, -0.2) is 4.68 Å². The summed E-state index contributed by atoms with van der Waals surface area (Å²) in [4.78, 5) is 12.1. The van der Waals surface area contributed by atoms with Crippen LogP contribution in [-0.4, -0.2) is 38.7 Å². The Morgan fingerprint density at radius 3 is 2.71 bits per heavy atom. The molecule has 118 valence electrons. The van der Waals surface area contributed by atoms with Gasteiger partial charge in [0, 0.05) is 0 Å². The fourth-order valence-electron chi connectivity index (χ4n) is 2.73.